The fourth-order valence-electron chi connectivity index (χ4n) is 3.76. The van der Waals surface area contributed by atoms with Crippen molar-refractivity contribution >= 4 is 22.4 Å². The molecule has 5 heteroatoms. The van der Waals surface area contributed by atoms with Crippen LogP contribution in [-0.2, 0) is 11.2 Å². The van der Waals surface area contributed by atoms with Crippen LogP contribution >= 0.6 is 0 Å². The van der Waals surface area contributed by atoms with Crippen molar-refractivity contribution in [2.24, 2.45) is 0 Å². The minimum Gasteiger partial charge on any atom is -0.326 e. The summed E-state index contributed by atoms with van der Waals surface area (Å²) in [6, 6.07) is 13.7. The summed E-state index contributed by atoms with van der Waals surface area (Å²) in [5, 5.41) is 4.70. The van der Waals surface area contributed by atoms with Crippen LogP contribution in [0.4, 0.5) is 5.69 Å². The van der Waals surface area contributed by atoms with Gasteiger partial charge in [-0.25, -0.2) is 0 Å². The van der Waals surface area contributed by atoms with Crippen molar-refractivity contribution < 1.29 is 4.79 Å². The number of hydrogen-bond donors (Lipinski definition) is 2. The molecule has 5 nitrogen and oxygen atoms in total. The maximum Gasteiger partial charge on any atom is 0.256 e. The molecular formula is C22H23N3O2. The molecule has 4 rings (SSSR count). The van der Waals surface area contributed by atoms with Gasteiger partial charge in [-0.3, -0.25) is 9.59 Å². The number of pyridine rings is 1. The average Bonchev–Trinajstić information content (AvgIpc) is 3.00. The molecule has 1 aliphatic rings. The molecular weight excluding hydrogens is 338 g/mol. The van der Waals surface area contributed by atoms with Gasteiger partial charge in [0, 0.05) is 29.5 Å². The minimum absolute atomic E-state index is 0.0158. The Morgan fingerprint density at radius 2 is 1.93 bits per heavy atom. The zero-order chi connectivity index (χ0) is 19.0. The summed E-state index contributed by atoms with van der Waals surface area (Å²) in [6.45, 7) is 0.888. The van der Waals surface area contributed by atoms with Crippen LogP contribution in [0.1, 0.15) is 24.0 Å². The molecule has 0 unspecified atom stereocenters. The first-order valence-electron chi connectivity index (χ1n) is 9.24. The number of nitrogens with one attached hydrogen (secondary N) is 2. The molecule has 2 N–H and O–H groups in total. The van der Waals surface area contributed by atoms with E-state index in [2.05, 4.69) is 15.2 Å². The molecule has 3 aromatic rings. The summed E-state index contributed by atoms with van der Waals surface area (Å²) in [5.41, 5.74) is 4.88. The largest absolute Gasteiger partial charge is 0.326 e. The van der Waals surface area contributed by atoms with E-state index in [-0.39, 0.29) is 11.5 Å². The van der Waals surface area contributed by atoms with Gasteiger partial charge in [0.25, 0.3) is 5.56 Å². The third-order valence-electron chi connectivity index (χ3n) is 5.08. The number of aromatic nitrogens is 1. The fraction of sp³-hybridized carbons (Fsp3) is 0.273. The zero-order valence-electron chi connectivity index (χ0n) is 15.6. The second-order valence-electron chi connectivity index (χ2n) is 7.36. The number of fused-ring (bicyclic) bond motifs is 5. The predicted molar refractivity (Wildman–Crippen MR) is 109 cm³/mol. The number of nitrogens with zero attached hydrogens (tertiary/aromatic N) is 1. The molecule has 2 aromatic carbocycles. The Morgan fingerprint density at radius 3 is 2.70 bits per heavy atom. The Hall–Kier alpha value is -2.92. The molecule has 1 heterocycles. The second-order valence-corrected chi connectivity index (χ2v) is 7.36. The number of anilines is 1. The van der Waals surface area contributed by atoms with Crippen LogP contribution in [0.25, 0.3) is 22.0 Å². The molecule has 0 spiro atoms. The lowest BCUT2D eigenvalue weighted by molar-refractivity contribution is -0.116. The highest BCUT2D eigenvalue weighted by molar-refractivity contribution is 5.95. The number of benzene rings is 2. The quantitative estimate of drug-likeness (QED) is 0.573. The van der Waals surface area contributed by atoms with Gasteiger partial charge < -0.3 is 15.2 Å². The lowest BCUT2D eigenvalue weighted by atomic mass is 10.0. The summed E-state index contributed by atoms with van der Waals surface area (Å²) < 4.78 is 0. The standard InChI is InChI=1S/C22H23N3O2/c1-25(2)11-5-8-20(26)23-15-10-9-14-12-19-16-6-3-4-7-17(16)22(27)24-21(19)18(14)13-15/h3-4,6-7,9-10,13H,5,8,11-12H2,1-2H3,(H,23,26)(H,24,27). The third-order valence-corrected chi connectivity index (χ3v) is 5.08. The van der Waals surface area contributed by atoms with Crippen LogP contribution in [0.2, 0.25) is 0 Å². The monoisotopic (exact) mass is 361 g/mol. The van der Waals surface area contributed by atoms with Gasteiger partial charge in [0.05, 0.1) is 5.69 Å². The van der Waals surface area contributed by atoms with Crippen LogP contribution in [-0.4, -0.2) is 36.4 Å². The summed E-state index contributed by atoms with van der Waals surface area (Å²) >= 11 is 0. The Morgan fingerprint density at radius 1 is 1.15 bits per heavy atom. The molecule has 0 aliphatic heterocycles. The lowest BCUT2D eigenvalue weighted by Crippen LogP contribution is -2.17. The molecule has 0 saturated carbocycles. The van der Waals surface area contributed by atoms with Gasteiger partial charge in [-0.15, -0.1) is 0 Å². The van der Waals surface area contributed by atoms with E-state index in [0.29, 0.717) is 6.42 Å². The highest BCUT2D eigenvalue weighted by Crippen LogP contribution is 2.39. The van der Waals surface area contributed by atoms with Crippen LogP contribution in [0, 0.1) is 0 Å². The molecule has 1 amide bonds. The molecule has 0 saturated heterocycles. The highest BCUT2D eigenvalue weighted by atomic mass is 16.1. The molecule has 27 heavy (non-hydrogen) atoms. The molecule has 138 valence electrons. The van der Waals surface area contributed by atoms with Crippen molar-refractivity contribution in [2.45, 2.75) is 19.3 Å². The van der Waals surface area contributed by atoms with E-state index in [4.69, 9.17) is 0 Å². The average molecular weight is 361 g/mol. The Kier molecular flexibility index (Phi) is 4.54. The number of hydrogen-bond acceptors (Lipinski definition) is 3. The SMILES string of the molecule is CN(C)CCCC(=O)Nc1ccc2c(c1)-c1[nH]c(=O)c3ccccc3c1C2. The first kappa shape index (κ1) is 17.5. The first-order valence-corrected chi connectivity index (χ1v) is 9.24. The van der Waals surface area contributed by atoms with Gasteiger partial charge in [0.2, 0.25) is 5.91 Å². The summed E-state index contributed by atoms with van der Waals surface area (Å²) in [7, 11) is 4.00. The van der Waals surface area contributed by atoms with Crippen LogP contribution < -0.4 is 10.9 Å². The van der Waals surface area contributed by atoms with Crippen LogP contribution in [0.15, 0.2) is 47.3 Å². The maximum atomic E-state index is 12.5. The maximum absolute atomic E-state index is 12.5. The van der Waals surface area contributed by atoms with E-state index in [1.807, 2.05) is 56.6 Å². The van der Waals surface area contributed by atoms with Gasteiger partial charge in [-0.1, -0.05) is 24.3 Å². The molecule has 1 aliphatic carbocycles. The normalized spacial score (nSPS) is 12.3. The van der Waals surface area contributed by atoms with Gasteiger partial charge in [-0.2, -0.15) is 0 Å². The molecule has 1 aromatic heterocycles. The summed E-state index contributed by atoms with van der Waals surface area (Å²) in [5.74, 6) is 0.0158. The van der Waals surface area contributed by atoms with E-state index >= 15 is 0 Å². The van der Waals surface area contributed by atoms with Crippen LogP contribution in [0.3, 0.4) is 0 Å². The topological polar surface area (TPSA) is 65.2 Å². The van der Waals surface area contributed by atoms with E-state index in [1.165, 1.54) is 5.56 Å². The van der Waals surface area contributed by atoms with Crippen molar-refractivity contribution in [3.05, 3.63) is 63.9 Å². The Balaban J connectivity index is 1.62. The number of amides is 1. The Labute approximate surface area is 158 Å². The predicted octanol–water partition coefficient (Wildman–Crippen LogP) is 3.38. The van der Waals surface area contributed by atoms with Crippen molar-refractivity contribution in [3.63, 3.8) is 0 Å². The number of carbonyl (C=O) groups is 1. The van der Waals surface area contributed by atoms with Gasteiger partial charge >= 0.3 is 0 Å². The summed E-state index contributed by atoms with van der Waals surface area (Å²) in [6.07, 6.45) is 2.11. The highest BCUT2D eigenvalue weighted by Gasteiger charge is 2.23. The van der Waals surface area contributed by atoms with E-state index < -0.39 is 0 Å². The molecule has 0 atom stereocenters. The molecule has 0 bridgehead atoms. The fourth-order valence-corrected chi connectivity index (χ4v) is 3.76. The van der Waals surface area contributed by atoms with Crippen molar-refractivity contribution in [3.8, 4) is 11.3 Å². The Bertz CT molecular complexity index is 1080. The van der Waals surface area contributed by atoms with E-state index in [9.17, 15) is 9.59 Å². The molecule has 0 radical (unpaired) electrons. The van der Waals surface area contributed by atoms with Gasteiger partial charge in [-0.05, 0) is 61.8 Å². The van der Waals surface area contributed by atoms with Crippen molar-refractivity contribution in [1.82, 2.24) is 9.88 Å². The number of H-pyrrole nitrogens is 1. The van der Waals surface area contributed by atoms with Gasteiger partial charge in [0.15, 0.2) is 0 Å². The van der Waals surface area contributed by atoms with E-state index in [1.54, 1.807) is 0 Å². The molecule has 0 fully saturated rings. The minimum atomic E-state index is -0.0738. The van der Waals surface area contributed by atoms with Crippen molar-refractivity contribution in [2.75, 3.05) is 26.0 Å². The van der Waals surface area contributed by atoms with Crippen LogP contribution in [0.5, 0.6) is 0 Å². The van der Waals surface area contributed by atoms with Crippen molar-refractivity contribution in [1.29, 1.82) is 0 Å². The van der Waals surface area contributed by atoms with E-state index in [0.717, 1.165) is 52.7 Å². The second kappa shape index (κ2) is 7.00. The number of aromatic amines is 1. The lowest BCUT2D eigenvalue weighted by Gasteiger charge is -2.10. The smallest absolute Gasteiger partial charge is 0.256 e. The third kappa shape index (κ3) is 3.38. The van der Waals surface area contributed by atoms with Gasteiger partial charge in [0.1, 0.15) is 0 Å². The summed E-state index contributed by atoms with van der Waals surface area (Å²) in [4.78, 5) is 29.7. The first-order chi connectivity index (χ1) is 13.0. The number of carbonyl (C=O) groups excluding carboxylic acids is 1. The zero-order valence-corrected chi connectivity index (χ0v) is 15.6. The number of rotatable bonds is 5.